The van der Waals surface area contributed by atoms with Crippen LogP contribution in [0.2, 0.25) is 0 Å². The van der Waals surface area contributed by atoms with Crippen molar-refractivity contribution in [2.45, 2.75) is 13.0 Å². The number of nitro groups is 1. The molecule has 1 aromatic carbocycles. The second kappa shape index (κ2) is 8.01. The molecule has 0 fully saturated rings. The molecule has 27 heavy (non-hydrogen) atoms. The van der Waals surface area contributed by atoms with E-state index in [9.17, 15) is 14.9 Å². The number of benzene rings is 1. The van der Waals surface area contributed by atoms with Gasteiger partial charge in [0.25, 0.3) is 5.69 Å². The third kappa shape index (κ3) is 4.15. The van der Waals surface area contributed by atoms with Crippen LogP contribution >= 0.6 is 11.3 Å². The summed E-state index contributed by atoms with van der Waals surface area (Å²) in [5, 5.41) is 11.2. The lowest BCUT2D eigenvalue weighted by Crippen LogP contribution is -2.27. The zero-order valence-corrected chi connectivity index (χ0v) is 15.7. The van der Waals surface area contributed by atoms with E-state index in [2.05, 4.69) is 0 Å². The largest absolute Gasteiger partial charge is 0.467 e. The molecule has 2 aromatic heterocycles. The molecule has 1 amide bonds. The van der Waals surface area contributed by atoms with E-state index in [0.29, 0.717) is 11.3 Å². The number of carbonyl (C=O) groups excluding carboxylic acids is 1. The van der Waals surface area contributed by atoms with Crippen molar-refractivity contribution < 1.29 is 14.1 Å². The fraction of sp³-hybridized carbons (Fsp3) is 0.150. The predicted molar refractivity (Wildman–Crippen MR) is 105 cm³/mol. The van der Waals surface area contributed by atoms with Crippen molar-refractivity contribution in [2.75, 3.05) is 7.05 Å². The van der Waals surface area contributed by atoms with Crippen LogP contribution in [0.3, 0.4) is 0 Å². The van der Waals surface area contributed by atoms with Gasteiger partial charge in [-0.05, 0) is 43.3 Å². The number of carbonyl (C=O) groups is 1. The van der Waals surface area contributed by atoms with E-state index in [-0.39, 0.29) is 22.6 Å². The Morgan fingerprint density at radius 1 is 1.22 bits per heavy atom. The number of hydrogen-bond donors (Lipinski definition) is 0. The van der Waals surface area contributed by atoms with Crippen molar-refractivity contribution in [1.82, 2.24) is 4.90 Å². The summed E-state index contributed by atoms with van der Waals surface area (Å²) in [6.45, 7) is 1.89. The van der Waals surface area contributed by atoms with Gasteiger partial charge in [-0.15, -0.1) is 11.3 Å². The van der Waals surface area contributed by atoms with E-state index < -0.39 is 0 Å². The van der Waals surface area contributed by atoms with Crippen molar-refractivity contribution in [1.29, 1.82) is 0 Å². The Kier molecular flexibility index (Phi) is 5.52. The van der Waals surface area contributed by atoms with Gasteiger partial charge in [-0.2, -0.15) is 0 Å². The van der Waals surface area contributed by atoms with Crippen LogP contribution in [0.15, 0.2) is 65.3 Å². The summed E-state index contributed by atoms with van der Waals surface area (Å²) in [5.74, 6) is 0.564. The van der Waals surface area contributed by atoms with Crippen LogP contribution in [0.4, 0.5) is 5.69 Å². The van der Waals surface area contributed by atoms with Gasteiger partial charge in [0.05, 0.1) is 22.8 Å². The summed E-state index contributed by atoms with van der Waals surface area (Å²) < 4.78 is 5.34. The van der Waals surface area contributed by atoms with Crippen molar-refractivity contribution in [3.8, 4) is 10.4 Å². The first kappa shape index (κ1) is 18.6. The molecular formula is C20H18N2O4S. The van der Waals surface area contributed by atoms with Crippen LogP contribution in [0.25, 0.3) is 16.5 Å². The maximum atomic E-state index is 12.4. The Morgan fingerprint density at radius 3 is 2.70 bits per heavy atom. The van der Waals surface area contributed by atoms with Gasteiger partial charge in [-0.3, -0.25) is 14.9 Å². The first-order chi connectivity index (χ1) is 13.0. The fourth-order valence-corrected chi connectivity index (χ4v) is 3.55. The number of nitrogens with zero attached hydrogens (tertiary/aromatic N) is 2. The van der Waals surface area contributed by atoms with E-state index in [1.807, 2.05) is 25.1 Å². The van der Waals surface area contributed by atoms with Gasteiger partial charge in [-0.25, -0.2) is 0 Å². The highest BCUT2D eigenvalue weighted by molar-refractivity contribution is 7.16. The highest BCUT2D eigenvalue weighted by Gasteiger charge is 2.18. The molecule has 2 heterocycles. The topological polar surface area (TPSA) is 76.6 Å². The van der Waals surface area contributed by atoms with Crippen molar-refractivity contribution in [3.63, 3.8) is 0 Å². The number of para-hydroxylation sites is 1. The normalized spacial score (nSPS) is 12.2. The minimum atomic E-state index is -0.390. The van der Waals surface area contributed by atoms with E-state index in [1.54, 1.807) is 48.6 Å². The smallest absolute Gasteiger partial charge is 0.278 e. The van der Waals surface area contributed by atoms with Gasteiger partial charge in [0.15, 0.2) is 0 Å². The number of furan rings is 1. The van der Waals surface area contributed by atoms with Crippen molar-refractivity contribution >= 4 is 29.0 Å². The number of thiophene rings is 1. The maximum absolute atomic E-state index is 12.4. The lowest BCUT2D eigenvalue weighted by molar-refractivity contribution is -0.384. The van der Waals surface area contributed by atoms with Crippen LogP contribution in [-0.4, -0.2) is 22.8 Å². The summed E-state index contributed by atoms with van der Waals surface area (Å²) in [7, 11) is 1.72. The molecule has 7 heteroatoms. The minimum absolute atomic E-state index is 0.0676. The molecule has 0 N–H and O–H groups in total. The molecule has 138 valence electrons. The van der Waals surface area contributed by atoms with Crippen molar-refractivity contribution in [2.24, 2.45) is 0 Å². The first-order valence-corrected chi connectivity index (χ1v) is 9.11. The summed E-state index contributed by atoms with van der Waals surface area (Å²) in [6, 6.07) is 13.7. The third-order valence-electron chi connectivity index (χ3n) is 4.27. The van der Waals surface area contributed by atoms with Crippen LogP contribution in [0.5, 0.6) is 0 Å². The summed E-state index contributed by atoms with van der Waals surface area (Å²) in [4.78, 5) is 26.4. The van der Waals surface area contributed by atoms with Gasteiger partial charge < -0.3 is 9.32 Å². The monoisotopic (exact) mass is 382 g/mol. The third-order valence-corrected chi connectivity index (χ3v) is 5.35. The molecule has 3 rings (SSSR count). The van der Waals surface area contributed by atoms with Crippen LogP contribution in [-0.2, 0) is 4.79 Å². The Hall–Kier alpha value is -3.19. The highest BCUT2D eigenvalue weighted by Crippen LogP contribution is 2.35. The van der Waals surface area contributed by atoms with Crippen molar-refractivity contribution in [3.05, 3.63) is 81.6 Å². The SMILES string of the molecule is CC(c1ccco1)N(C)C(=O)/C=C/c1ccc(-c2ccccc2[N+](=O)[O-])s1. The number of amides is 1. The van der Waals surface area contributed by atoms with E-state index in [4.69, 9.17) is 4.42 Å². The molecule has 1 atom stereocenters. The molecule has 0 saturated carbocycles. The van der Waals surface area contributed by atoms with E-state index in [0.717, 1.165) is 9.75 Å². The molecule has 0 bridgehead atoms. The zero-order valence-electron chi connectivity index (χ0n) is 14.9. The lowest BCUT2D eigenvalue weighted by atomic mass is 10.1. The van der Waals surface area contributed by atoms with Gasteiger partial charge in [0, 0.05) is 28.9 Å². The summed E-state index contributed by atoms with van der Waals surface area (Å²) in [5.41, 5.74) is 0.639. The molecule has 0 spiro atoms. The zero-order chi connectivity index (χ0) is 19.4. The molecule has 3 aromatic rings. The average molecular weight is 382 g/mol. The molecule has 0 aliphatic carbocycles. The Bertz CT molecular complexity index is 976. The molecular weight excluding hydrogens is 364 g/mol. The maximum Gasteiger partial charge on any atom is 0.278 e. The number of nitro benzene ring substituents is 1. The first-order valence-electron chi connectivity index (χ1n) is 8.29. The second-order valence-electron chi connectivity index (χ2n) is 5.95. The lowest BCUT2D eigenvalue weighted by Gasteiger charge is -2.21. The number of hydrogen-bond acceptors (Lipinski definition) is 5. The van der Waals surface area contributed by atoms with Crippen LogP contribution in [0.1, 0.15) is 23.6 Å². The highest BCUT2D eigenvalue weighted by atomic mass is 32.1. The standard InChI is InChI=1S/C20H18N2O4S/c1-14(18-8-5-13-26-18)21(2)20(23)12-10-15-9-11-19(27-15)16-6-3-4-7-17(16)22(24)25/h3-14H,1-2H3/b12-10+. The van der Waals surface area contributed by atoms with Crippen LogP contribution in [0, 0.1) is 10.1 Å². The van der Waals surface area contributed by atoms with Gasteiger partial charge in [-0.1, -0.05) is 12.1 Å². The van der Waals surface area contributed by atoms with Crippen LogP contribution < -0.4 is 0 Å². The van der Waals surface area contributed by atoms with Gasteiger partial charge >= 0.3 is 0 Å². The van der Waals surface area contributed by atoms with Gasteiger partial charge in [0.1, 0.15) is 5.76 Å². The summed E-state index contributed by atoms with van der Waals surface area (Å²) in [6.07, 6.45) is 4.79. The Morgan fingerprint density at radius 2 is 2.00 bits per heavy atom. The number of rotatable bonds is 6. The molecule has 6 nitrogen and oxygen atoms in total. The van der Waals surface area contributed by atoms with Gasteiger partial charge in [0.2, 0.25) is 5.91 Å². The Labute approximate surface area is 160 Å². The quantitative estimate of drug-likeness (QED) is 0.336. The molecule has 0 aliphatic heterocycles. The average Bonchev–Trinajstić information content (AvgIpc) is 3.36. The predicted octanol–water partition coefficient (Wildman–Crippen LogP) is 5.15. The minimum Gasteiger partial charge on any atom is -0.467 e. The Balaban J connectivity index is 1.74. The van der Waals surface area contributed by atoms with E-state index >= 15 is 0 Å². The second-order valence-corrected chi connectivity index (χ2v) is 7.07. The van der Waals surface area contributed by atoms with E-state index in [1.165, 1.54) is 23.5 Å². The molecule has 0 saturated heterocycles. The summed E-state index contributed by atoms with van der Waals surface area (Å²) >= 11 is 1.40. The molecule has 0 aliphatic rings. The molecule has 1 unspecified atom stereocenters. The number of likely N-dealkylation sites (N-methyl/N-ethyl adjacent to an activating group) is 1. The molecule has 0 radical (unpaired) electrons. The fourth-order valence-electron chi connectivity index (χ4n) is 2.61.